The topological polar surface area (TPSA) is 98.9 Å². The summed E-state index contributed by atoms with van der Waals surface area (Å²) in [5.74, 6) is -1.42. The van der Waals surface area contributed by atoms with Crippen LogP contribution in [0.1, 0.15) is 43.9 Å². The molecule has 2 aromatic carbocycles. The molecule has 0 aliphatic heterocycles. The van der Waals surface area contributed by atoms with Gasteiger partial charge in [-0.15, -0.1) is 0 Å². The molecule has 3 rings (SSSR count). The van der Waals surface area contributed by atoms with E-state index in [0.717, 1.165) is 28.0 Å². The molecule has 1 aliphatic carbocycles. The number of nitrogens with two attached hydrogens (primary N) is 1. The first-order valence-electron chi connectivity index (χ1n) is 10.2. The van der Waals surface area contributed by atoms with Gasteiger partial charge in [-0.2, -0.15) is 0 Å². The van der Waals surface area contributed by atoms with Crippen LogP contribution >= 0.6 is 0 Å². The average molecular weight is 424 g/mol. The molecular formula is C24H28N2O5. The number of benzene rings is 2. The molecule has 164 valence electrons. The lowest BCUT2D eigenvalue weighted by Crippen LogP contribution is -2.47. The smallest absolute Gasteiger partial charge is 0.410 e. The lowest BCUT2D eigenvalue weighted by Gasteiger charge is -2.28. The monoisotopic (exact) mass is 424 g/mol. The lowest BCUT2D eigenvalue weighted by molar-refractivity contribution is -0.161. The van der Waals surface area contributed by atoms with Gasteiger partial charge in [0.1, 0.15) is 18.2 Å². The van der Waals surface area contributed by atoms with Crippen molar-refractivity contribution in [2.75, 3.05) is 7.05 Å². The molecule has 0 aromatic heterocycles. The van der Waals surface area contributed by atoms with Crippen molar-refractivity contribution in [3.8, 4) is 11.1 Å². The predicted molar refractivity (Wildman–Crippen MR) is 116 cm³/mol. The van der Waals surface area contributed by atoms with Crippen LogP contribution in [0, 0.1) is 0 Å². The van der Waals surface area contributed by atoms with Crippen LogP contribution in [0.2, 0.25) is 0 Å². The Morgan fingerprint density at radius 1 is 1.06 bits per heavy atom. The standard InChI is InChI=1S/C24H28N2O5/c1-24(2,3)31-22(28)20(13-21(25)27)26(4)23(29)30-14-16-9-7-11-18-17-10-6-5-8-15(17)12-19(16)18/h5-11,20H,12-14H2,1-4H3,(H2,25,27)/t20-/m1/s1. The number of amides is 2. The fourth-order valence-corrected chi connectivity index (χ4v) is 3.67. The maximum atomic E-state index is 12.7. The summed E-state index contributed by atoms with van der Waals surface area (Å²) in [6, 6.07) is 12.9. The Morgan fingerprint density at radius 2 is 1.74 bits per heavy atom. The molecule has 0 fully saturated rings. The molecule has 0 radical (unpaired) electrons. The maximum Gasteiger partial charge on any atom is 0.410 e. The van der Waals surface area contributed by atoms with Crippen LogP contribution in [0.3, 0.4) is 0 Å². The van der Waals surface area contributed by atoms with Gasteiger partial charge in [-0.3, -0.25) is 9.69 Å². The number of esters is 1. The fourth-order valence-electron chi connectivity index (χ4n) is 3.67. The summed E-state index contributed by atoms with van der Waals surface area (Å²) in [4.78, 5) is 37.7. The van der Waals surface area contributed by atoms with E-state index in [4.69, 9.17) is 15.2 Å². The second kappa shape index (κ2) is 8.79. The van der Waals surface area contributed by atoms with Crippen molar-refractivity contribution in [2.24, 2.45) is 5.73 Å². The highest BCUT2D eigenvalue weighted by Crippen LogP contribution is 2.38. The largest absolute Gasteiger partial charge is 0.458 e. The van der Waals surface area contributed by atoms with Gasteiger partial charge in [0, 0.05) is 7.05 Å². The molecule has 1 atom stereocenters. The first-order chi connectivity index (χ1) is 14.6. The van der Waals surface area contributed by atoms with E-state index >= 15 is 0 Å². The van der Waals surface area contributed by atoms with Crippen molar-refractivity contribution in [3.63, 3.8) is 0 Å². The van der Waals surface area contributed by atoms with Crippen LogP contribution in [-0.4, -0.2) is 41.6 Å². The summed E-state index contributed by atoms with van der Waals surface area (Å²) in [5, 5.41) is 0. The highest BCUT2D eigenvalue weighted by Gasteiger charge is 2.33. The van der Waals surface area contributed by atoms with Crippen molar-refractivity contribution in [1.82, 2.24) is 4.90 Å². The quantitative estimate of drug-likeness (QED) is 0.612. The van der Waals surface area contributed by atoms with Crippen LogP contribution in [0.25, 0.3) is 11.1 Å². The first kappa shape index (κ1) is 22.3. The predicted octanol–water partition coefficient (Wildman–Crippen LogP) is 3.41. The third kappa shape index (κ3) is 5.23. The van der Waals surface area contributed by atoms with Crippen LogP contribution in [-0.2, 0) is 32.1 Å². The average Bonchev–Trinajstić information content (AvgIpc) is 3.07. The number of nitrogens with zero attached hydrogens (tertiary/aromatic N) is 1. The zero-order valence-corrected chi connectivity index (χ0v) is 18.3. The van der Waals surface area contributed by atoms with Gasteiger partial charge in [-0.05, 0) is 55.0 Å². The summed E-state index contributed by atoms with van der Waals surface area (Å²) in [6.07, 6.45) is -0.307. The van der Waals surface area contributed by atoms with Crippen LogP contribution < -0.4 is 5.73 Å². The summed E-state index contributed by atoms with van der Waals surface area (Å²) in [7, 11) is 1.39. The third-order valence-electron chi connectivity index (χ3n) is 5.13. The van der Waals surface area contributed by atoms with Crippen molar-refractivity contribution >= 4 is 18.0 Å². The number of carbonyl (C=O) groups is 3. The van der Waals surface area contributed by atoms with Crippen molar-refractivity contribution in [1.29, 1.82) is 0 Å². The number of hydrogen-bond donors (Lipinski definition) is 1. The molecule has 0 saturated heterocycles. The summed E-state index contributed by atoms with van der Waals surface area (Å²) >= 11 is 0. The fraction of sp³-hybridized carbons (Fsp3) is 0.375. The Labute approximate surface area is 182 Å². The second-order valence-corrected chi connectivity index (χ2v) is 8.66. The van der Waals surface area contributed by atoms with E-state index in [1.807, 2.05) is 24.3 Å². The van der Waals surface area contributed by atoms with Gasteiger partial charge in [-0.1, -0.05) is 42.5 Å². The highest BCUT2D eigenvalue weighted by atomic mass is 16.6. The number of hydrogen-bond acceptors (Lipinski definition) is 5. The van der Waals surface area contributed by atoms with E-state index in [1.54, 1.807) is 20.8 Å². The van der Waals surface area contributed by atoms with Gasteiger partial charge < -0.3 is 15.2 Å². The Morgan fingerprint density at radius 3 is 2.42 bits per heavy atom. The Balaban J connectivity index is 1.71. The molecule has 0 saturated carbocycles. The molecule has 7 heteroatoms. The number of carbonyl (C=O) groups excluding carboxylic acids is 3. The third-order valence-corrected chi connectivity index (χ3v) is 5.13. The van der Waals surface area contributed by atoms with E-state index in [9.17, 15) is 14.4 Å². The molecule has 0 spiro atoms. The van der Waals surface area contributed by atoms with E-state index in [1.165, 1.54) is 18.2 Å². The molecule has 0 unspecified atom stereocenters. The molecule has 7 nitrogen and oxygen atoms in total. The van der Waals surface area contributed by atoms with Gasteiger partial charge in [0.05, 0.1) is 6.42 Å². The van der Waals surface area contributed by atoms with Crippen molar-refractivity contribution in [3.05, 3.63) is 59.2 Å². The minimum absolute atomic E-state index is 0.0535. The van der Waals surface area contributed by atoms with Gasteiger partial charge in [0.25, 0.3) is 0 Å². The SMILES string of the molecule is CN(C(=O)OCc1cccc2c1Cc1ccccc1-2)[C@H](CC(N)=O)C(=O)OC(C)(C)C. The second-order valence-electron chi connectivity index (χ2n) is 8.66. The first-order valence-corrected chi connectivity index (χ1v) is 10.2. The van der Waals surface area contributed by atoms with Gasteiger partial charge >= 0.3 is 12.1 Å². The number of fused-ring (bicyclic) bond motifs is 3. The minimum atomic E-state index is -1.16. The van der Waals surface area contributed by atoms with Crippen LogP contribution in [0.15, 0.2) is 42.5 Å². The zero-order chi connectivity index (χ0) is 22.8. The van der Waals surface area contributed by atoms with Crippen LogP contribution in [0.5, 0.6) is 0 Å². The molecular weight excluding hydrogens is 396 g/mol. The van der Waals surface area contributed by atoms with Crippen molar-refractivity contribution in [2.45, 2.75) is 51.9 Å². The number of ether oxygens (including phenoxy) is 2. The van der Waals surface area contributed by atoms with Crippen LogP contribution in [0.4, 0.5) is 4.79 Å². The molecule has 0 bridgehead atoms. The molecule has 31 heavy (non-hydrogen) atoms. The summed E-state index contributed by atoms with van der Waals surface area (Å²) in [6.45, 7) is 5.17. The van der Waals surface area contributed by atoms with Gasteiger partial charge in [0.2, 0.25) is 5.91 Å². The number of rotatable bonds is 6. The van der Waals surface area contributed by atoms with E-state index in [2.05, 4.69) is 18.2 Å². The zero-order valence-electron chi connectivity index (χ0n) is 18.3. The highest BCUT2D eigenvalue weighted by molar-refractivity contribution is 5.87. The van der Waals surface area contributed by atoms with Gasteiger partial charge in [-0.25, -0.2) is 9.59 Å². The minimum Gasteiger partial charge on any atom is -0.458 e. The summed E-state index contributed by atoms with van der Waals surface area (Å²) in [5.41, 5.74) is 10.1. The van der Waals surface area contributed by atoms with E-state index in [-0.39, 0.29) is 13.0 Å². The number of primary amides is 1. The summed E-state index contributed by atoms with van der Waals surface area (Å²) < 4.78 is 10.8. The molecule has 0 heterocycles. The number of likely N-dealkylation sites (N-methyl/N-ethyl adjacent to an activating group) is 1. The molecule has 2 aromatic rings. The Hall–Kier alpha value is -3.35. The Kier molecular flexibility index (Phi) is 6.34. The molecule has 2 N–H and O–H groups in total. The Bertz CT molecular complexity index is 1010. The lowest BCUT2D eigenvalue weighted by atomic mass is 10.0. The van der Waals surface area contributed by atoms with E-state index < -0.39 is 29.6 Å². The van der Waals surface area contributed by atoms with Crippen molar-refractivity contribution < 1.29 is 23.9 Å². The normalized spacial score (nSPS) is 13.0. The molecule has 1 aliphatic rings. The maximum absolute atomic E-state index is 12.7. The molecule has 2 amide bonds. The van der Waals surface area contributed by atoms with Gasteiger partial charge in [0.15, 0.2) is 0 Å². The van der Waals surface area contributed by atoms with E-state index in [0.29, 0.717) is 0 Å².